The highest BCUT2D eigenvalue weighted by Gasteiger charge is 2.17. The summed E-state index contributed by atoms with van der Waals surface area (Å²) in [6, 6.07) is 5.29. The summed E-state index contributed by atoms with van der Waals surface area (Å²) in [5.74, 6) is -0.294. The monoisotopic (exact) mass is 387 g/mol. The molecule has 0 aliphatic heterocycles. The van der Waals surface area contributed by atoms with E-state index in [0.717, 1.165) is 29.2 Å². The van der Waals surface area contributed by atoms with Gasteiger partial charge >= 0.3 is 0 Å². The van der Waals surface area contributed by atoms with E-state index in [1.807, 2.05) is 33.8 Å². The number of hydrogen-bond donors (Lipinski definition) is 3. The highest BCUT2D eigenvalue weighted by Crippen LogP contribution is 2.25. The van der Waals surface area contributed by atoms with Crippen molar-refractivity contribution in [1.29, 1.82) is 0 Å². The van der Waals surface area contributed by atoms with Crippen molar-refractivity contribution in [2.75, 3.05) is 11.9 Å². The maximum absolute atomic E-state index is 12.7. The number of aryl methyl sites for hydroxylation is 2. The minimum Gasteiger partial charge on any atom is -0.385 e. The van der Waals surface area contributed by atoms with Gasteiger partial charge in [-0.25, -0.2) is 9.50 Å². The number of rotatable bonds is 5. The predicted octanol–water partition coefficient (Wildman–Crippen LogP) is 2.96. The van der Waals surface area contributed by atoms with Crippen LogP contribution in [0.5, 0.6) is 0 Å². The molecule has 3 rings (SSSR count). The van der Waals surface area contributed by atoms with Crippen molar-refractivity contribution in [2.24, 2.45) is 0 Å². The Morgan fingerprint density at radius 3 is 2.70 bits per heavy atom. The number of nitrogens with one attached hydrogen (secondary N) is 3. The molecule has 8 heteroatoms. The SMILES string of the molecule is CCNc1cc(Cl)cc(C(=O)NCc2c(=O)[nH]n3c(C)cc(C)nc23)c1C. The van der Waals surface area contributed by atoms with E-state index in [2.05, 4.69) is 20.7 Å². The van der Waals surface area contributed by atoms with Gasteiger partial charge in [0.15, 0.2) is 5.65 Å². The van der Waals surface area contributed by atoms with Crippen LogP contribution in [0.25, 0.3) is 5.65 Å². The standard InChI is InChI=1S/C19H22ClN5O2/c1-5-21-16-8-13(20)7-14(12(16)4)18(26)22-9-15-17-23-10(2)6-11(3)25(17)24-19(15)27/h6-8,21H,5,9H2,1-4H3,(H,22,26)(H,24,27). The number of carbonyl (C=O) groups excluding carboxylic acids is 1. The van der Waals surface area contributed by atoms with Crippen molar-refractivity contribution < 1.29 is 4.79 Å². The third-order valence-electron chi connectivity index (χ3n) is 4.43. The minimum atomic E-state index is -0.294. The fourth-order valence-electron chi connectivity index (χ4n) is 3.11. The zero-order valence-corrected chi connectivity index (χ0v) is 16.5. The van der Waals surface area contributed by atoms with Gasteiger partial charge < -0.3 is 10.6 Å². The number of nitrogens with zero attached hydrogens (tertiary/aromatic N) is 2. The molecule has 1 aromatic carbocycles. The van der Waals surface area contributed by atoms with Crippen molar-refractivity contribution in [3.05, 3.63) is 61.7 Å². The van der Waals surface area contributed by atoms with Crippen LogP contribution >= 0.6 is 11.6 Å². The van der Waals surface area contributed by atoms with Crippen molar-refractivity contribution in [1.82, 2.24) is 19.9 Å². The third kappa shape index (κ3) is 3.68. The number of hydrogen-bond acceptors (Lipinski definition) is 4. The Labute approximate surface area is 161 Å². The molecule has 0 unspecified atom stereocenters. The Morgan fingerprint density at radius 2 is 2.00 bits per heavy atom. The van der Waals surface area contributed by atoms with Gasteiger partial charge in [-0.3, -0.25) is 14.7 Å². The van der Waals surface area contributed by atoms with Gasteiger partial charge in [-0.15, -0.1) is 0 Å². The molecule has 0 aliphatic carbocycles. The summed E-state index contributed by atoms with van der Waals surface area (Å²) in [5, 5.41) is 9.23. The van der Waals surface area contributed by atoms with Crippen LogP contribution in [0.3, 0.4) is 0 Å². The molecule has 7 nitrogen and oxygen atoms in total. The fraction of sp³-hybridized carbons (Fsp3) is 0.316. The average Bonchev–Trinajstić information content (AvgIpc) is 2.91. The maximum Gasteiger partial charge on any atom is 0.271 e. The first-order chi connectivity index (χ1) is 12.8. The minimum absolute atomic E-state index is 0.0725. The summed E-state index contributed by atoms with van der Waals surface area (Å²) in [5.41, 5.74) is 4.43. The number of aromatic amines is 1. The Bertz CT molecular complexity index is 1080. The molecule has 0 bridgehead atoms. The summed E-state index contributed by atoms with van der Waals surface area (Å²) in [6.07, 6.45) is 0. The number of fused-ring (bicyclic) bond motifs is 1. The van der Waals surface area contributed by atoms with Crippen LogP contribution in [-0.4, -0.2) is 27.0 Å². The summed E-state index contributed by atoms with van der Waals surface area (Å²) in [4.78, 5) is 29.5. The molecule has 0 saturated heterocycles. The average molecular weight is 388 g/mol. The van der Waals surface area contributed by atoms with Crippen LogP contribution in [-0.2, 0) is 6.54 Å². The second kappa shape index (κ2) is 7.44. The van der Waals surface area contributed by atoms with Crippen molar-refractivity contribution >= 4 is 28.8 Å². The van der Waals surface area contributed by atoms with Crippen LogP contribution < -0.4 is 16.2 Å². The molecular formula is C19H22ClN5O2. The lowest BCUT2D eigenvalue weighted by molar-refractivity contribution is 0.0950. The van der Waals surface area contributed by atoms with Gasteiger partial charge in [-0.05, 0) is 51.5 Å². The lowest BCUT2D eigenvalue weighted by atomic mass is 10.1. The largest absolute Gasteiger partial charge is 0.385 e. The number of carbonyl (C=O) groups is 1. The number of aromatic nitrogens is 3. The van der Waals surface area contributed by atoms with Gasteiger partial charge in [-0.1, -0.05) is 11.6 Å². The summed E-state index contributed by atoms with van der Waals surface area (Å²) in [7, 11) is 0. The number of benzene rings is 1. The molecule has 1 amide bonds. The molecule has 3 N–H and O–H groups in total. The molecule has 0 saturated carbocycles. The van der Waals surface area contributed by atoms with E-state index >= 15 is 0 Å². The second-order valence-electron chi connectivity index (χ2n) is 6.46. The summed E-state index contributed by atoms with van der Waals surface area (Å²) < 4.78 is 1.63. The van der Waals surface area contributed by atoms with E-state index in [1.54, 1.807) is 16.6 Å². The molecule has 0 radical (unpaired) electrons. The first-order valence-electron chi connectivity index (χ1n) is 8.72. The number of H-pyrrole nitrogens is 1. The smallest absolute Gasteiger partial charge is 0.271 e. The summed E-state index contributed by atoms with van der Waals surface area (Å²) >= 11 is 6.15. The van der Waals surface area contributed by atoms with Gasteiger partial charge in [0.1, 0.15) is 0 Å². The highest BCUT2D eigenvalue weighted by molar-refractivity contribution is 6.31. The molecule has 0 fully saturated rings. The van der Waals surface area contributed by atoms with Crippen LogP contribution in [0.2, 0.25) is 5.02 Å². The lowest BCUT2D eigenvalue weighted by Crippen LogP contribution is -2.26. The van der Waals surface area contributed by atoms with Gasteiger partial charge in [0.05, 0.1) is 12.1 Å². The Kier molecular flexibility index (Phi) is 5.23. The van der Waals surface area contributed by atoms with Crippen LogP contribution in [0, 0.1) is 20.8 Å². The third-order valence-corrected chi connectivity index (χ3v) is 4.65. The number of anilines is 1. The first kappa shape index (κ1) is 19.0. The maximum atomic E-state index is 12.7. The predicted molar refractivity (Wildman–Crippen MR) is 107 cm³/mol. The highest BCUT2D eigenvalue weighted by atomic mass is 35.5. The molecule has 2 heterocycles. The van der Waals surface area contributed by atoms with Crippen molar-refractivity contribution in [2.45, 2.75) is 34.2 Å². The summed E-state index contributed by atoms with van der Waals surface area (Å²) in [6.45, 7) is 8.38. The van der Waals surface area contributed by atoms with E-state index in [9.17, 15) is 9.59 Å². The Morgan fingerprint density at radius 1 is 1.26 bits per heavy atom. The molecule has 27 heavy (non-hydrogen) atoms. The molecule has 0 spiro atoms. The van der Waals surface area contributed by atoms with Crippen molar-refractivity contribution in [3.63, 3.8) is 0 Å². The Hall–Kier alpha value is -2.80. The van der Waals surface area contributed by atoms with Crippen LogP contribution in [0.15, 0.2) is 23.0 Å². The van der Waals surface area contributed by atoms with Crippen molar-refractivity contribution in [3.8, 4) is 0 Å². The van der Waals surface area contributed by atoms with E-state index in [-0.39, 0.29) is 18.0 Å². The molecule has 2 aromatic heterocycles. The van der Waals surface area contributed by atoms with Gasteiger partial charge in [0, 0.05) is 34.2 Å². The zero-order chi connectivity index (χ0) is 19.7. The van der Waals surface area contributed by atoms with Gasteiger partial charge in [0.2, 0.25) is 0 Å². The van der Waals surface area contributed by atoms with E-state index in [4.69, 9.17) is 11.6 Å². The molecular weight excluding hydrogens is 366 g/mol. The second-order valence-corrected chi connectivity index (χ2v) is 6.89. The Balaban J connectivity index is 1.90. The van der Waals surface area contributed by atoms with Crippen LogP contribution in [0.1, 0.15) is 39.8 Å². The molecule has 142 valence electrons. The number of halogens is 1. The normalized spacial score (nSPS) is 11.0. The quantitative estimate of drug-likeness (QED) is 0.627. The zero-order valence-electron chi connectivity index (χ0n) is 15.7. The van der Waals surface area contributed by atoms with E-state index in [0.29, 0.717) is 21.8 Å². The van der Waals surface area contributed by atoms with Gasteiger partial charge in [-0.2, -0.15) is 0 Å². The molecule has 0 atom stereocenters. The lowest BCUT2D eigenvalue weighted by Gasteiger charge is -2.13. The molecule has 3 aromatic rings. The van der Waals surface area contributed by atoms with E-state index in [1.165, 1.54) is 0 Å². The topological polar surface area (TPSA) is 91.3 Å². The van der Waals surface area contributed by atoms with Crippen LogP contribution in [0.4, 0.5) is 5.69 Å². The van der Waals surface area contributed by atoms with Gasteiger partial charge in [0.25, 0.3) is 11.5 Å². The fourth-order valence-corrected chi connectivity index (χ4v) is 3.33. The molecule has 0 aliphatic rings. The number of amides is 1. The van der Waals surface area contributed by atoms with E-state index < -0.39 is 0 Å². The first-order valence-corrected chi connectivity index (χ1v) is 9.09.